The Bertz CT molecular complexity index is 580. The lowest BCUT2D eigenvalue weighted by Gasteiger charge is -2.11. The van der Waals surface area contributed by atoms with Gasteiger partial charge in [0.2, 0.25) is 10.7 Å². The molecular formula is C11H14N6S. The molecule has 18 heavy (non-hydrogen) atoms. The van der Waals surface area contributed by atoms with Crippen molar-refractivity contribution in [3.8, 4) is 0 Å². The molecule has 2 rings (SSSR count). The van der Waals surface area contributed by atoms with Crippen LogP contribution in [-0.4, -0.2) is 35.5 Å². The highest BCUT2D eigenvalue weighted by Crippen LogP contribution is 2.10. The lowest BCUT2D eigenvalue weighted by atomic mass is 10.2. The number of aromatic amines is 2. The van der Waals surface area contributed by atoms with Crippen molar-refractivity contribution in [3.05, 3.63) is 34.6 Å². The van der Waals surface area contributed by atoms with Gasteiger partial charge in [-0.1, -0.05) is 12.1 Å². The summed E-state index contributed by atoms with van der Waals surface area (Å²) in [6, 6.07) is 8.05. The van der Waals surface area contributed by atoms with E-state index >= 15 is 0 Å². The first kappa shape index (κ1) is 12.3. The summed E-state index contributed by atoms with van der Waals surface area (Å²) in [6.07, 6.45) is 1.71. The predicted octanol–water partition coefficient (Wildman–Crippen LogP) is 1.98. The number of H-pyrrole nitrogens is 2. The van der Waals surface area contributed by atoms with Crippen LogP contribution in [0.25, 0.3) is 0 Å². The van der Waals surface area contributed by atoms with E-state index in [2.05, 4.69) is 25.7 Å². The van der Waals surface area contributed by atoms with Gasteiger partial charge in [-0.05, 0) is 29.9 Å². The van der Waals surface area contributed by atoms with E-state index in [-0.39, 0.29) is 0 Å². The zero-order valence-electron chi connectivity index (χ0n) is 10.1. The Morgan fingerprint density at radius 1 is 1.28 bits per heavy atom. The van der Waals surface area contributed by atoms with E-state index in [1.54, 1.807) is 6.21 Å². The molecule has 1 heterocycles. The van der Waals surface area contributed by atoms with Crippen molar-refractivity contribution in [1.82, 2.24) is 15.2 Å². The van der Waals surface area contributed by atoms with E-state index in [1.807, 2.05) is 43.3 Å². The minimum Gasteiger partial charge on any atom is -0.378 e. The molecular weight excluding hydrogens is 248 g/mol. The second-order valence-corrected chi connectivity index (χ2v) is 4.26. The average Bonchev–Trinajstić information content (AvgIpc) is 2.76. The Labute approximate surface area is 110 Å². The van der Waals surface area contributed by atoms with E-state index in [4.69, 9.17) is 12.2 Å². The van der Waals surface area contributed by atoms with Gasteiger partial charge >= 0.3 is 0 Å². The largest absolute Gasteiger partial charge is 0.378 e. The van der Waals surface area contributed by atoms with Crippen LogP contribution in [0.15, 0.2) is 29.4 Å². The van der Waals surface area contributed by atoms with E-state index in [9.17, 15) is 0 Å². The highest BCUT2D eigenvalue weighted by atomic mass is 32.1. The predicted molar refractivity (Wildman–Crippen MR) is 75.8 cm³/mol. The van der Waals surface area contributed by atoms with Crippen LogP contribution in [0.4, 0.5) is 11.6 Å². The van der Waals surface area contributed by atoms with Crippen LogP contribution in [0.5, 0.6) is 0 Å². The van der Waals surface area contributed by atoms with Gasteiger partial charge in [0.05, 0.1) is 6.21 Å². The van der Waals surface area contributed by atoms with E-state index in [0.29, 0.717) is 10.7 Å². The molecule has 0 aliphatic carbocycles. The maximum Gasteiger partial charge on any atom is 0.238 e. The number of hydrogen-bond donors (Lipinski definition) is 3. The third-order valence-electron chi connectivity index (χ3n) is 2.29. The van der Waals surface area contributed by atoms with E-state index in [1.165, 1.54) is 0 Å². The van der Waals surface area contributed by atoms with Crippen LogP contribution in [0.2, 0.25) is 0 Å². The number of aromatic nitrogens is 3. The molecule has 0 aliphatic rings. The fraction of sp³-hybridized carbons (Fsp3) is 0.182. The van der Waals surface area contributed by atoms with Gasteiger partial charge in [0.1, 0.15) is 0 Å². The lowest BCUT2D eigenvalue weighted by Crippen LogP contribution is -2.08. The molecule has 6 nitrogen and oxygen atoms in total. The van der Waals surface area contributed by atoms with Crippen molar-refractivity contribution < 1.29 is 0 Å². The molecule has 0 saturated carbocycles. The lowest BCUT2D eigenvalue weighted by molar-refractivity contribution is 1.07. The van der Waals surface area contributed by atoms with Crippen molar-refractivity contribution in [2.45, 2.75) is 0 Å². The molecule has 0 atom stereocenters. The van der Waals surface area contributed by atoms with Crippen molar-refractivity contribution >= 4 is 30.1 Å². The van der Waals surface area contributed by atoms with Crippen LogP contribution in [0.3, 0.4) is 0 Å². The molecule has 0 aliphatic heterocycles. The fourth-order valence-corrected chi connectivity index (χ4v) is 1.49. The topological polar surface area (TPSA) is 72.1 Å². The molecule has 0 spiro atoms. The summed E-state index contributed by atoms with van der Waals surface area (Å²) in [5, 5.41) is 9.47. The van der Waals surface area contributed by atoms with Gasteiger partial charge in [0.15, 0.2) is 0 Å². The number of hydrogen-bond acceptors (Lipinski definition) is 5. The Kier molecular flexibility index (Phi) is 3.73. The number of anilines is 2. The molecule has 3 N–H and O–H groups in total. The summed E-state index contributed by atoms with van der Waals surface area (Å²) in [4.78, 5) is 6.00. The van der Waals surface area contributed by atoms with Gasteiger partial charge in [-0.3, -0.25) is 10.2 Å². The van der Waals surface area contributed by atoms with Gasteiger partial charge in [-0.25, -0.2) is 5.43 Å². The van der Waals surface area contributed by atoms with Crippen LogP contribution < -0.4 is 10.3 Å². The maximum absolute atomic E-state index is 4.82. The van der Waals surface area contributed by atoms with E-state index in [0.717, 1.165) is 11.3 Å². The molecule has 0 saturated heterocycles. The number of hydrazone groups is 1. The van der Waals surface area contributed by atoms with Crippen LogP contribution >= 0.6 is 12.2 Å². The van der Waals surface area contributed by atoms with Crippen molar-refractivity contribution in [2.24, 2.45) is 5.10 Å². The summed E-state index contributed by atoms with van der Waals surface area (Å²) >= 11 is 4.82. The minimum atomic E-state index is 0.392. The number of benzene rings is 1. The molecule has 0 fully saturated rings. The minimum absolute atomic E-state index is 0.392. The second kappa shape index (κ2) is 5.46. The summed E-state index contributed by atoms with van der Waals surface area (Å²) in [7, 11) is 4.01. The van der Waals surface area contributed by atoms with Gasteiger partial charge in [-0.15, -0.1) is 0 Å². The van der Waals surface area contributed by atoms with Gasteiger partial charge < -0.3 is 4.90 Å². The van der Waals surface area contributed by atoms with Gasteiger partial charge in [-0.2, -0.15) is 10.1 Å². The zero-order chi connectivity index (χ0) is 13.0. The van der Waals surface area contributed by atoms with Gasteiger partial charge in [0.25, 0.3) is 0 Å². The molecule has 0 unspecified atom stereocenters. The molecule has 2 aromatic rings. The first-order chi connectivity index (χ1) is 8.65. The Hall–Kier alpha value is -2.15. The third kappa shape index (κ3) is 3.17. The molecule has 7 heteroatoms. The summed E-state index contributed by atoms with van der Waals surface area (Å²) in [5.74, 6) is 0.487. The molecule has 0 bridgehead atoms. The van der Waals surface area contributed by atoms with Crippen molar-refractivity contribution in [2.75, 3.05) is 24.4 Å². The maximum atomic E-state index is 4.82. The van der Waals surface area contributed by atoms with Gasteiger partial charge in [0, 0.05) is 19.8 Å². The summed E-state index contributed by atoms with van der Waals surface area (Å²) in [5.41, 5.74) is 4.90. The van der Waals surface area contributed by atoms with Crippen molar-refractivity contribution in [1.29, 1.82) is 0 Å². The Balaban J connectivity index is 1.98. The molecule has 1 aromatic heterocycles. The summed E-state index contributed by atoms with van der Waals surface area (Å²) in [6.45, 7) is 0. The normalized spacial score (nSPS) is 10.8. The highest BCUT2D eigenvalue weighted by Gasteiger charge is 1.94. The first-order valence-corrected chi connectivity index (χ1v) is 5.77. The smallest absolute Gasteiger partial charge is 0.238 e. The number of nitrogens with zero attached hydrogens (tertiary/aromatic N) is 3. The Morgan fingerprint density at radius 2 is 2.00 bits per heavy atom. The van der Waals surface area contributed by atoms with E-state index < -0.39 is 0 Å². The SMILES string of the molecule is CN(C)c1ccc(/C=N/Nc2nc(=S)[nH][nH]2)cc1. The van der Waals surface area contributed by atoms with Crippen LogP contribution in [0.1, 0.15) is 5.56 Å². The van der Waals surface area contributed by atoms with Crippen molar-refractivity contribution in [3.63, 3.8) is 0 Å². The first-order valence-electron chi connectivity index (χ1n) is 5.36. The Morgan fingerprint density at radius 3 is 2.56 bits per heavy atom. The zero-order valence-corrected chi connectivity index (χ0v) is 11.0. The standard InChI is InChI=1S/C11H14N6S/c1-17(2)9-5-3-8(4-6-9)7-12-14-10-13-11(18)16-15-10/h3-7H,1-2H3,(H3,13,14,15,16,18)/b12-7+. The van der Waals surface area contributed by atoms with Crippen LogP contribution in [-0.2, 0) is 0 Å². The number of rotatable bonds is 4. The third-order valence-corrected chi connectivity index (χ3v) is 2.49. The molecule has 0 amide bonds. The molecule has 0 radical (unpaired) electrons. The molecule has 1 aromatic carbocycles. The molecule has 94 valence electrons. The fourth-order valence-electron chi connectivity index (χ4n) is 1.35. The monoisotopic (exact) mass is 262 g/mol. The second-order valence-electron chi connectivity index (χ2n) is 3.87. The van der Waals surface area contributed by atoms with Crippen LogP contribution in [0, 0.1) is 4.77 Å². The quantitative estimate of drug-likeness (QED) is 0.447. The summed E-state index contributed by atoms with van der Waals surface area (Å²) < 4.78 is 0.392. The average molecular weight is 262 g/mol. The highest BCUT2D eigenvalue weighted by molar-refractivity contribution is 7.71. The number of nitrogens with one attached hydrogen (secondary N) is 3.